The molecule has 0 aliphatic heterocycles. The smallest absolute Gasteiger partial charge is 0.257 e. The Morgan fingerprint density at radius 3 is 2.57 bits per heavy atom. The number of hydrogen-bond donors (Lipinski definition) is 3. The highest BCUT2D eigenvalue weighted by Crippen LogP contribution is 2.18. The molecule has 0 spiro atoms. The van der Waals surface area contributed by atoms with Crippen molar-refractivity contribution < 1.29 is 4.79 Å². The molecule has 21 heavy (non-hydrogen) atoms. The number of hydrazine groups is 1. The van der Waals surface area contributed by atoms with Crippen LogP contribution < -0.4 is 16.6 Å². The SMILES string of the molecule is CC(C)c1cc(C(=O)Nc2cnc(Br)cn2)cc(NN)n1. The molecule has 0 bridgehead atoms. The van der Waals surface area contributed by atoms with E-state index in [1.807, 2.05) is 13.8 Å². The van der Waals surface area contributed by atoms with Crippen LogP contribution >= 0.6 is 15.9 Å². The van der Waals surface area contributed by atoms with Crippen molar-refractivity contribution in [1.82, 2.24) is 15.0 Å². The molecule has 0 unspecified atom stereocenters. The third-order valence-electron chi connectivity index (χ3n) is 2.71. The summed E-state index contributed by atoms with van der Waals surface area (Å²) in [5, 5.41) is 2.67. The molecule has 0 aliphatic carbocycles. The number of nitrogens with two attached hydrogens (primary N) is 1. The summed E-state index contributed by atoms with van der Waals surface area (Å²) >= 11 is 3.18. The average molecular weight is 351 g/mol. The number of carbonyl (C=O) groups excluding carboxylic acids is 1. The van der Waals surface area contributed by atoms with Crippen LogP contribution in [0.15, 0.2) is 29.1 Å². The van der Waals surface area contributed by atoms with E-state index >= 15 is 0 Å². The van der Waals surface area contributed by atoms with Crippen molar-refractivity contribution in [2.45, 2.75) is 19.8 Å². The van der Waals surface area contributed by atoms with Gasteiger partial charge in [-0.3, -0.25) is 4.79 Å². The fourth-order valence-electron chi connectivity index (χ4n) is 1.62. The van der Waals surface area contributed by atoms with Gasteiger partial charge in [-0.05, 0) is 34.0 Å². The summed E-state index contributed by atoms with van der Waals surface area (Å²) in [4.78, 5) is 24.6. The second kappa shape index (κ2) is 6.59. The molecule has 7 nitrogen and oxygen atoms in total. The number of amides is 1. The first-order valence-corrected chi connectivity index (χ1v) is 7.06. The number of rotatable bonds is 4. The van der Waals surface area contributed by atoms with Gasteiger partial charge in [0, 0.05) is 11.3 Å². The fraction of sp³-hybridized carbons (Fsp3) is 0.231. The highest BCUT2D eigenvalue weighted by atomic mass is 79.9. The normalized spacial score (nSPS) is 10.5. The van der Waals surface area contributed by atoms with E-state index in [-0.39, 0.29) is 11.8 Å². The van der Waals surface area contributed by atoms with Crippen LogP contribution in [0.5, 0.6) is 0 Å². The second-order valence-corrected chi connectivity index (χ2v) is 5.46. The van der Waals surface area contributed by atoms with Crippen molar-refractivity contribution in [3.05, 3.63) is 40.4 Å². The fourth-order valence-corrected chi connectivity index (χ4v) is 1.82. The van der Waals surface area contributed by atoms with Crippen LogP contribution in [-0.2, 0) is 0 Å². The Hall–Kier alpha value is -2.06. The number of nitrogens with one attached hydrogen (secondary N) is 2. The van der Waals surface area contributed by atoms with E-state index < -0.39 is 0 Å². The van der Waals surface area contributed by atoms with E-state index in [1.165, 1.54) is 12.4 Å². The van der Waals surface area contributed by atoms with Crippen LogP contribution in [0.1, 0.15) is 35.8 Å². The molecule has 0 saturated heterocycles. The maximum Gasteiger partial charge on any atom is 0.257 e. The summed E-state index contributed by atoms with van der Waals surface area (Å²) in [5.41, 5.74) is 3.69. The molecule has 0 saturated carbocycles. The number of hydrogen-bond acceptors (Lipinski definition) is 6. The van der Waals surface area contributed by atoms with E-state index in [9.17, 15) is 4.79 Å². The van der Waals surface area contributed by atoms with Gasteiger partial charge in [0.1, 0.15) is 10.4 Å². The van der Waals surface area contributed by atoms with E-state index in [0.29, 0.717) is 21.8 Å². The van der Waals surface area contributed by atoms with Crippen LogP contribution in [0.25, 0.3) is 0 Å². The van der Waals surface area contributed by atoms with Crippen LogP contribution in [0, 0.1) is 0 Å². The predicted octanol–water partition coefficient (Wildman–Crippen LogP) is 2.30. The monoisotopic (exact) mass is 350 g/mol. The zero-order valence-corrected chi connectivity index (χ0v) is 13.2. The molecule has 0 fully saturated rings. The molecule has 110 valence electrons. The molecule has 8 heteroatoms. The predicted molar refractivity (Wildman–Crippen MR) is 83.8 cm³/mol. The molecule has 2 aromatic rings. The number of nitrogen functional groups attached to an aromatic ring is 1. The van der Waals surface area contributed by atoms with Crippen molar-refractivity contribution in [2.75, 3.05) is 10.7 Å². The van der Waals surface area contributed by atoms with Gasteiger partial charge in [-0.25, -0.2) is 20.8 Å². The van der Waals surface area contributed by atoms with Crippen molar-refractivity contribution in [3.63, 3.8) is 0 Å². The third-order valence-corrected chi connectivity index (χ3v) is 3.12. The Bertz CT molecular complexity index is 644. The number of pyridine rings is 1. The van der Waals surface area contributed by atoms with Crippen molar-refractivity contribution in [3.8, 4) is 0 Å². The molecule has 0 aromatic carbocycles. The van der Waals surface area contributed by atoms with E-state index in [4.69, 9.17) is 5.84 Å². The van der Waals surface area contributed by atoms with Crippen molar-refractivity contribution >= 4 is 33.5 Å². The maximum absolute atomic E-state index is 12.3. The lowest BCUT2D eigenvalue weighted by Crippen LogP contribution is -2.16. The van der Waals surface area contributed by atoms with E-state index in [1.54, 1.807) is 12.1 Å². The highest BCUT2D eigenvalue weighted by molar-refractivity contribution is 9.10. The van der Waals surface area contributed by atoms with Gasteiger partial charge >= 0.3 is 0 Å². The molecule has 0 atom stereocenters. The summed E-state index contributed by atoms with van der Waals surface area (Å²) in [5.74, 6) is 6.07. The summed E-state index contributed by atoms with van der Waals surface area (Å²) in [7, 11) is 0. The molecular weight excluding hydrogens is 336 g/mol. The van der Waals surface area contributed by atoms with E-state index in [0.717, 1.165) is 5.69 Å². The standard InChI is InChI=1S/C13H15BrN6O/c1-7(2)9-3-8(4-11(18-9)20-15)13(21)19-12-6-16-10(14)5-17-12/h3-7H,15H2,1-2H3,(H,18,20)(H,17,19,21). The molecular formula is C13H15BrN6O. The molecule has 2 aromatic heterocycles. The molecule has 0 radical (unpaired) electrons. The van der Waals surface area contributed by atoms with Gasteiger partial charge in [-0.1, -0.05) is 13.8 Å². The minimum absolute atomic E-state index is 0.178. The summed E-state index contributed by atoms with van der Waals surface area (Å²) in [6.07, 6.45) is 2.98. The van der Waals surface area contributed by atoms with Gasteiger partial charge in [-0.15, -0.1) is 0 Å². The Morgan fingerprint density at radius 1 is 1.24 bits per heavy atom. The topological polar surface area (TPSA) is 106 Å². The Balaban J connectivity index is 2.25. The lowest BCUT2D eigenvalue weighted by molar-refractivity contribution is 0.102. The van der Waals surface area contributed by atoms with Gasteiger partial charge in [0.25, 0.3) is 5.91 Å². The average Bonchev–Trinajstić information content (AvgIpc) is 2.49. The molecule has 2 rings (SSSR count). The van der Waals surface area contributed by atoms with Crippen molar-refractivity contribution in [1.29, 1.82) is 0 Å². The first-order chi connectivity index (χ1) is 9.99. The number of aromatic nitrogens is 3. The third kappa shape index (κ3) is 3.96. The molecule has 4 N–H and O–H groups in total. The summed E-state index contributed by atoms with van der Waals surface area (Å²) in [6.45, 7) is 3.98. The Morgan fingerprint density at radius 2 is 2.00 bits per heavy atom. The second-order valence-electron chi connectivity index (χ2n) is 4.64. The zero-order valence-electron chi connectivity index (χ0n) is 11.6. The van der Waals surface area contributed by atoms with Gasteiger partial charge in [0.05, 0.1) is 12.4 Å². The van der Waals surface area contributed by atoms with Gasteiger partial charge in [0.15, 0.2) is 5.82 Å². The first-order valence-electron chi connectivity index (χ1n) is 6.27. The van der Waals surface area contributed by atoms with Crippen LogP contribution in [-0.4, -0.2) is 20.9 Å². The minimum Gasteiger partial charge on any atom is -0.308 e. The first kappa shape index (κ1) is 15.3. The van der Waals surface area contributed by atoms with Gasteiger partial charge in [-0.2, -0.15) is 0 Å². The van der Waals surface area contributed by atoms with Crippen LogP contribution in [0.4, 0.5) is 11.6 Å². The lowest BCUT2D eigenvalue weighted by Gasteiger charge is -2.10. The zero-order chi connectivity index (χ0) is 15.4. The van der Waals surface area contributed by atoms with E-state index in [2.05, 4.69) is 41.6 Å². The van der Waals surface area contributed by atoms with Gasteiger partial charge in [0.2, 0.25) is 0 Å². The number of nitrogens with zero attached hydrogens (tertiary/aromatic N) is 3. The van der Waals surface area contributed by atoms with Crippen LogP contribution in [0.2, 0.25) is 0 Å². The maximum atomic E-state index is 12.3. The largest absolute Gasteiger partial charge is 0.308 e. The molecule has 2 heterocycles. The molecule has 1 amide bonds. The van der Waals surface area contributed by atoms with Gasteiger partial charge < -0.3 is 10.7 Å². The molecule has 0 aliphatic rings. The number of carbonyl (C=O) groups is 1. The van der Waals surface area contributed by atoms with Crippen molar-refractivity contribution in [2.24, 2.45) is 5.84 Å². The lowest BCUT2D eigenvalue weighted by atomic mass is 10.1. The number of anilines is 2. The quantitative estimate of drug-likeness (QED) is 0.577. The minimum atomic E-state index is -0.299. The number of halogens is 1. The van der Waals surface area contributed by atoms with Crippen LogP contribution in [0.3, 0.4) is 0 Å². The Kier molecular flexibility index (Phi) is 4.81. The highest BCUT2D eigenvalue weighted by Gasteiger charge is 2.12. The summed E-state index contributed by atoms with van der Waals surface area (Å²) < 4.78 is 0.598. The summed E-state index contributed by atoms with van der Waals surface area (Å²) in [6, 6.07) is 3.31. The Labute approximate surface area is 130 Å².